The lowest BCUT2D eigenvalue weighted by Crippen LogP contribution is -2.68. The van der Waals surface area contributed by atoms with Gasteiger partial charge >= 0.3 is 5.97 Å². The van der Waals surface area contributed by atoms with Gasteiger partial charge in [-0.25, -0.2) is 0 Å². The number of alkyl halides is 1. The maximum absolute atomic E-state index is 12.3. The van der Waals surface area contributed by atoms with Gasteiger partial charge in [0.25, 0.3) is 8.32 Å². The zero-order valence-electron chi connectivity index (χ0n) is 16.9. The quantitative estimate of drug-likeness (QED) is 0.250. The number of cyclic esters (lactones) is 1. The van der Waals surface area contributed by atoms with Gasteiger partial charge in [-0.05, 0) is 21.8 Å². The van der Waals surface area contributed by atoms with E-state index in [-0.39, 0.29) is 23.2 Å². The van der Waals surface area contributed by atoms with Crippen LogP contribution in [0, 0.1) is 0 Å². The van der Waals surface area contributed by atoms with Gasteiger partial charge in [-0.1, -0.05) is 104 Å². The minimum absolute atomic E-state index is 0.0404. The van der Waals surface area contributed by atoms with E-state index in [1.165, 1.54) is 10.4 Å². The van der Waals surface area contributed by atoms with Gasteiger partial charge < -0.3 is 9.16 Å². The maximum Gasteiger partial charge on any atom is 0.308 e. The van der Waals surface area contributed by atoms with Crippen molar-refractivity contribution in [1.82, 2.24) is 0 Å². The number of hydrogen-bond donors (Lipinski definition) is 0. The fourth-order valence-corrected chi connectivity index (χ4v) is 9.56. The molecular weight excluding hydrogens is 479 g/mol. The molecule has 1 aliphatic rings. The first-order valence-corrected chi connectivity index (χ1v) is 13.3. The van der Waals surface area contributed by atoms with Crippen molar-refractivity contribution < 1.29 is 14.0 Å². The lowest BCUT2D eigenvalue weighted by atomic mass is 10.0. The minimum atomic E-state index is -2.63. The molecule has 0 amide bonds. The lowest BCUT2D eigenvalue weighted by Gasteiger charge is -2.46. The summed E-state index contributed by atoms with van der Waals surface area (Å²) in [6.45, 7) is 6.80. The van der Waals surface area contributed by atoms with Gasteiger partial charge in [0.15, 0.2) is 0 Å². The van der Waals surface area contributed by atoms with Crippen LogP contribution in [0.4, 0.5) is 0 Å². The van der Waals surface area contributed by atoms with Crippen molar-refractivity contribution in [3.05, 3.63) is 60.7 Å². The van der Waals surface area contributed by atoms with Gasteiger partial charge in [-0.2, -0.15) is 0 Å². The zero-order valence-corrected chi connectivity index (χ0v) is 20.0. The topological polar surface area (TPSA) is 35.5 Å². The van der Waals surface area contributed by atoms with Crippen molar-refractivity contribution >= 4 is 47.3 Å². The molecule has 0 radical (unpaired) electrons. The first kappa shape index (κ1) is 21.5. The van der Waals surface area contributed by atoms with E-state index >= 15 is 0 Å². The predicted molar refractivity (Wildman–Crippen MR) is 125 cm³/mol. The van der Waals surface area contributed by atoms with E-state index in [9.17, 15) is 4.79 Å². The maximum atomic E-state index is 12.3. The monoisotopic (exact) mass is 508 g/mol. The number of halogens is 1. The molecule has 3 nitrogen and oxygen atoms in total. The molecule has 0 N–H and O–H groups in total. The molecule has 0 aromatic heterocycles. The van der Waals surface area contributed by atoms with Gasteiger partial charge in [-0.3, -0.25) is 4.79 Å². The summed E-state index contributed by atoms with van der Waals surface area (Å²) in [6, 6.07) is 21.2. The van der Waals surface area contributed by atoms with E-state index in [1.54, 1.807) is 0 Å². The molecule has 0 bridgehead atoms. The number of carbonyl (C=O) groups is 1. The van der Waals surface area contributed by atoms with Gasteiger partial charge in [0.05, 0.1) is 12.5 Å². The molecule has 2 atom stereocenters. The summed E-state index contributed by atoms with van der Waals surface area (Å²) in [5, 5.41) is 2.41. The normalized spacial score (nSPS) is 20.6. The summed E-state index contributed by atoms with van der Waals surface area (Å²) in [6.07, 6.45) is 1.84. The summed E-state index contributed by atoms with van der Waals surface area (Å²) >= 11 is 2.34. The fraction of sp³-hybridized carbons (Fsp3) is 0.435. The summed E-state index contributed by atoms with van der Waals surface area (Å²) < 4.78 is 13.6. The highest BCUT2D eigenvalue weighted by Crippen LogP contribution is 2.39. The van der Waals surface area contributed by atoms with Crippen molar-refractivity contribution in [2.45, 2.75) is 57.3 Å². The van der Waals surface area contributed by atoms with E-state index in [0.717, 1.165) is 17.3 Å². The summed E-state index contributed by atoms with van der Waals surface area (Å²) in [5.41, 5.74) is 0. The lowest BCUT2D eigenvalue weighted by molar-refractivity contribution is -0.159. The van der Waals surface area contributed by atoms with Gasteiger partial charge in [0, 0.05) is 10.8 Å². The van der Waals surface area contributed by atoms with Gasteiger partial charge in [0.1, 0.15) is 6.10 Å². The van der Waals surface area contributed by atoms with E-state index in [4.69, 9.17) is 9.16 Å². The predicted octanol–water partition coefficient (Wildman–Crippen LogP) is 4.46. The average molecular weight is 508 g/mol. The molecule has 2 aromatic rings. The molecule has 2 aromatic carbocycles. The number of rotatable bonds is 6. The minimum Gasteiger partial charge on any atom is -0.462 e. The van der Waals surface area contributed by atoms with Crippen LogP contribution in [-0.2, 0) is 14.0 Å². The van der Waals surface area contributed by atoms with E-state index in [2.05, 4.69) is 91.9 Å². The number of benzene rings is 2. The van der Waals surface area contributed by atoms with Crippen LogP contribution in [0.1, 0.15) is 40.0 Å². The third kappa shape index (κ3) is 4.52. The number of hydrogen-bond acceptors (Lipinski definition) is 3. The van der Waals surface area contributed by atoms with Crippen molar-refractivity contribution in [3.63, 3.8) is 0 Å². The summed E-state index contributed by atoms with van der Waals surface area (Å²) in [5.74, 6) is -0.135. The third-order valence-electron chi connectivity index (χ3n) is 5.41. The van der Waals surface area contributed by atoms with Crippen LogP contribution in [0.2, 0.25) is 5.04 Å². The Labute approximate surface area is 183 Å². The SMILES string of the molecule is CC(C)(C)[Si](O[C@H]1CC(=O)O[C@H](CCI)C1)(c1ccccc1)c1ccccc1. The Morgan fingerprint density at radius 2 is 1.57 bits per heavy atom. The highest BCUT2D eigenvalue weighted by atomic mass is 127. The molecule has 0 unspecified atom stereocenters. The standard InChI is InChI=1S/C23H29IO3Si/c1-23(2,3)28(20-10-6-4-7-11-20,21-12-8-5-9-13-21)27-19-16-18(14-15-24)26-22(25)17-19/h4-13,18-19H,14-17H2,1-3H3/t18-,19-/m1/s1. The van der Waals surface area contributed by atoms with Crippen molar-refractivity contribution in [1.29, 1.82) is 0 Å². The van der Waals surface area contributed by atoms with Crippen LogP contribution < -0.4 is 10.4 Å². The zero-order chi connectivity index (χ0) is 20.2. The van der Waals surface area contributed by atoms with Crippen LogP contribution in [0.3, 0.4) is 0 Å². The first-order chi connectivity index (χ1) is 13.4. The molecule has 0 aliphatic carbocycles. The summed E-state index contributed by atoms with van der Waals surface area (Å²) in [4.78, 5) is 12.3. The molecule has 0 spiro atoms. The second-order valence-electron chi connectivity index (χ2n) is 8.43. The average Bonchev–Trinajstić information content (AvgIpc) is 2.66. The Morgan fingerprint density at radius 3 is 2.04 bits per heavy atom. The Kier molecular flexibility index (Phi) is 6.99. The molecule has 0 saturated carbocycles. The number of ether oxygens (including phenoxy) is 1. The number of carbonyl (C=O) groups excluding carboxylic acids is 1. The molecule has 3 rings (SSSR count). The molecule has 1 fully saturated rings. The smallest absolute Gasteiger partial charge is 0.308 e. The highest BCUT2D eigenvalue weighted by Gasteiger charge is 2.52. The Balaban J connectivity index is 2.07. The molecule has 1 saturated heterocycles. The second kappa shape index (κ2) is 9.09. The van der Waals surface area contributed by atoms with E-state index in [1.807, 2.05) is 12.1 Å². The Morgan fingerprint density at radius 1 is 1.04 bits per heavy atom. The van der Waals surface area contributed by atoms with Crippen LogP contribution in [0.5, 0.6) is 0 Å². The molecule has 5 heteroatoms. The fourth-order valence-electron chi connectivity index (χ4n) is 4.17. The molecule has 28 heavy (non-hydrogen) atoms. The third-order valence-corrected chi connectivity index (χ3v) is 11.1. The molecule has 1 heterocycles. The molecule has 150 valence electrons. The van der Waals surface area contributed by atoms with Crippen molar-refractivity contribution in [2.75, 3.05) is 4.43 Å². The van der Waals surface area contributed by atoms with Crippen molar-refractivity contribution in [2.24, 2.45) is 0 Å². The highest BCUT2D eigenvalue weighted by molar-refractivity contribution is 14.1. The van der Waals surface area contributed by atoms with Gasteiger partial charge in [0.2, 0.25) is 0 Å². The summed E-state index contributed by atoms with van der Waals surface area (Å²) in [7, 11) is -2.63. The number of esters is 1. The molecule has 1 aliphatic heterocycles. The van der Waals surface area contributed by atoms with Gasteiger partial charge in [-0.15, -0.1) is 0 Å². The van der Waals surface area contributed by atoms with E-state index < -0.39 is 8.32 Å². The largest absolute Gasteiger partial charge is 0.462 e. The van der Waals surface area contributed by atoms with Crippen molar-refractivity contribution in [3.8, 4) is 0 Å². The molecular formula is C23H29IO3Si. The second-order valence-corrected chi connectivity index (χ2v) is 13.8. The Hall–Kier alpha value is -1.18. The van der Waals surface area contributed by atoms with Crippen LogP contribution in [0.25, 0.3) is 0 Å². The van der Waals surface area contributed by atoms with Crippen LogP contribution in [-0.4, -0.2) is 30.9 Å². The first-order valence-electron chi connectivity index (χ1n) is 9.91. The van der Waals surface area contributed by atoms with E-state index in [0.29, 0.717) is 6.42 Å². The van der Waals surface area contributed by atoms with Crippen LogP contribution in [0.15, 0.2) is 60.7 Å². The van der Waals surface area contributed by atoms with Crippen LogP contribution >= 0.6 is 22.6 Å². The Bertz CT molecular complexity index is 734.